The third-order valence-corrected chi connectivity index (χ3v) is 3.47. The molecule has 3 heteroatoms. The largest absolute Gasteiger partial charge is 0.333 e. The number of nitrogens with one attached hydrogen (secondary N) is 1. The normalized spacial score (nSPS) is 26.1. The molecule has 1 atom stereocenters. The first-order valence-corrected chi connectivity index (χ1v) is 6.10. The fourth-order valence-electron chi connectivity index (χ4n) is 2.52. The third-order valence-electron chi connectivity index (χ3n) is 3.47. The van der Waals surface area contributed by atoms with E-state index in [1.807, 2.05) is 0 Å². The van der Waals surface area contributed by atoms with Crippen molar-refractivity contribution in [2.75, 3.05) is 6.54 Å². The lowest BCUT2D eigenvalue weighted by Gasteiger charge is -2.15. The molecule has 0 amide bonds. The van der Waals surface area contributed by atoms with Crippen molar-refractivity contribution in [2.45, 2.75) is 45.2 Å². The van der Waals surface area contributed by atoms with E-state index in [1.54, 1.807) is 0 Å². The fraction of sp³-hybridized carbons (Fsp3) is 0.750. The summed E-state index contributed by atoms with van der Waals surface area (Å²) in [6.45, 7) is 4.36. The standard InChI is InChI=1S/C12H19N3/c1-9-8-15-6-2-5-13-11(12(15)14-9)7-10-3-4-10/h8,10-11,13H,2-7H2,1H3. The third kappa shape index (κ3) is 1.93. The quantitative estimate of drug-likeness (QED) is 0.800. The average Bonchev–Trinajstić information content (AvgIpc) is 2.97. The molecule has 1 N–H and O–H groups in total. The number of aryl methyl sites for hydroxylation is 2. The Balaban J connectivity index is 1.86. The predicted molar refractivity (Wildman–Crippen MR) is 59.7 cm³/mol. The van der Waals surface area contributed by atoms with Gasteiger partial charge in [0.05, 0.1) is 11.7 Å². The number of hydrogen-bond acceptors (Lipinski definition) is 2. The molecule has 1 fully saturated rings. The fourth-order valence-corrected chi connectivity index (χ4v) is 2.52. The molecule has 1 aliphatic carbocycles. The van der Waals surface area contributed by atoms with Crippen LogP contribution in [0.5, 0.6) is 0 Å². The number of aromatic nitrogens is 2. The lowest BCUT2D eigenvalue weighted by atomic mass is 10.1. The minimum atomic E-state index is 0.508. The van der Waals surface area contributed by atoms with E-state index < -0.39 is 0 Å². The molecule has 0 radical (unpaired) electrons. The minimum absolute atomic E-state index is 0.508. The summed E-state index contributed by atoms with van der Waals surface area (Å²) in [5, 5.41) is 3.64. The van der Waals surface area contributed by atoms with Gasteiger partial charge in [0.15, 0.2) is 0 Å². The highest BCUT2D eigenvalue weighted by Gasteiger charge is 2.29. The van der Waals surface area contributed by atoms with Gasteiger partial charge in [0.1, 0.15) is 5.82 Å². The summed E-state index contributed by atoms with van der Waals surface area (Å²) < 4.78 is 2.35. The van der Waals surface area contributed by atoms with Crippen molar-refractivity contribution in [1.82, 2.24) is 14.9 Å². The van der Waals surface area contributed by atoms with Gasteiger partial charge in [-0.25, -0.2) is 4.98 Å². The number of fused-ring (bicyclic) bond motifs is 1. The number of nitrogens with zero attached hydrogens (tertiary/aromatic N) is 2. The Bertz CT molecular complexity index is 352. The molecule has 3 rings (SSSR count). The van der Waals surface area contributed by atoms with E-state index >= 15 is 0 Å². The summed E-state index contributed by atoms with van der Waals surface area (Å²) >= 11 is 0. The van der Waals surface area contributed by atoms with E-state index in [4.69, 9.17) is 0 Å². The Hall–Kier alpha value is -0.830. The van der Waals surface area contributed by atoms with E-state index in [0.717, 1.165) is 24.7 Å². The van der Waals surface area contributed by atoms with Gasteiger partial charge in [0, 0.05) is 12.7 Å². The molecule has 1 aromatic heterocycles. The Morgan fingerprint density at radius 3 is 3.20 bits per heavy atom. The first-order chi connectivity index (χ1) is 7.33. The van der Waals surface area contributed by atoms with Gasteiger partial charge in [-0.15, -0.1) is 0 Å². The molecule has 0 saturated heterocycles. The maximum atomic E-state index is 4.67. The molecule has 1 aliphatic heterocycles. The van der Waals surface area contributed by atoms with Crippen LogP contribution in [0.3, 0.4) is 0 Å². The first-order valence-electron chi connectivity index (χ1n) is 6.10. The molecular weight excluding hydrogens is 186 g/mol. The van der Waals surface area contributed by atoms with Crippen LogP contribution in [0.1, 0.15) is 43.2 Å². The molecule has 1 aromatic rings. The SMILES string of the molecule is Cc1cn2c(n1)C(CC1CC1)NCCC2. The van der Waals surface area contributed by atoms with Crippen molar-refractivity contribution < 1.29 is 0 Å². The second-order valence-corrected chi connectivity index (χ2v) is 4.97. The van der Waals surface area contributed by atoms with Crippen molar-refractivity contribution in [3.05, 3.63) is 17.7 Å². The van der Waals surface area contributed by atoms with Crippen LogP contribution in [0.25, 0.3) is 0 Å². The average molecular weight is 205 g/mol. The van der Waals surface area contributed by atoms with Crippen molar-refractivity contribution >= 4 is 0 Å². The summed E-state index contributed by atoms with van der Waals surface area (Å²) in [5.41, 5.74) is 1.16. The van der Waals surface area contributed by atoms with Crippen LogP contribution in [0.4, 0.5) is 0 Å². The topological polar surface area (TPSA) is 29.9 Å². The molecule has 0 aromatic carbocycles. The van der Waals surface area contributed by atoms with Gasteiger partial charge < -0.3 is 9.88 Å². The summed E-state index contributed by atoms with van der Waals surface area (Å²) in [4.78, 5) is 4.67. The van der Waals surface area contributed by atoms with Gasteiger partial charge in [0.25, 0.3) is 0 Å². The Morgan fingerprint density at radius 1 is 1.53 bits per heavy atom. The Kier molecular flexibility index (Phi) is 2.28. The molecule has 2 heterocycles. The van der Waals surface area contributed by atoms with Crippen molar-refractivity contribution in [3.63, 3.8) is 0 Å². The van der Waals surface area contributed by atoms with Crippen LogP contribution in [0.2, 0.25) is 0 Å². The Labute approximate surface area is 90.9 Å². The van der Waals surface area contributed by atoms with Crippen molar-refractivity contribution in [2.24, 2.45) is 5.92 Å². The molecule has 1 saturated carbocycles. The van der Waals surface area contributed by atoms with Crippen LogP contribution in [-0.2, 0) is 6.54 Å². The zero-order valence-corrected chi connectivity index (χ0v) is 9.37. The minimum Gasteiger partial charge on any atom is -0.333 e. The Morgan fingerprint density at radius 2 is 2.40 bits per heavy atom. The van der Waals surface area contributed by atoms with Gasteiger partial charge in [0.2, 0.25) is 0 Å². The van der Waals surface area contributed by atoms with E-state index in [0.29, 0.717) is 6.04 Å². The smallest absolute Gasteiger partial charge is 0.126 e. The molecule has 1 unspecified atom stereocenters. The van der Waals surface area contributed by atoms with Crippen LogP contribution in [0.15, 0.2) is 6.20 Å². The predicted octanol–water partition coefficient (Wildman–Crippen LogP) is 2.03. The van der Waals surface area contributed by atoms with Crippen molar-refractivity contribution in [3.8, 4) is 0 Å². The van der Waals surface area contributed by atoms with Crippen LogP contribution < -0.4 is 5.32 Å². The first kappa shape index (κ1) is 9.40. The highest BCUT2D eigenvalue weighted by molar-refractivity contribution is 5.08. The lowest BCUT2D eigenvalue weighted by molar-refractivity contribution is 0.468. The van der Waals surface area contributed by atoms with Gasteiger partial charge >= 0.3 is 0 Å². The van der Waals surface area contributed by atoms with Gasteiger partial charge in [-0.05, 0) is 32.2 Å². The van der Waals surface area contributed by atoms with Gasteiger partial charge in [-0.2, -0.15) is 0 Å². The molecule has 3 nitrogen and oxygen atoms in total. The second kappa shape index (κ2) is 3.63. The summed E-state index contributed by atoms with van der Waals surface area (Å²) in [6.07, 6.45) is 7.57. The molecule has 82 valence electrons. The molecule has 0 spiro atoms. The molecule has 15 heavy (non-hydrogen) atoms. The lowest BCUT2D eigenvalue weighted by Crippen LogP contribution is -2.22. The van der Waals surface area contributed by atoms with E-state index in [2.05, 4.69) is 28.0 Å². The van der Waals surface area contributed by atoms with E-state index in [-0.39, 0.29) is 0 Å². The van der Waals surface area contributed by atoms with Crippen LogP contribution in [0, 0.1) is 12.8 Å². The number of hydrogen-bond donors (Lipinski definition) is 1. The molecule has 2 aliphatic rings. The van der Waals surface area contributed by atoms with Gasteiger partial charge in [-0.1, -0.05) is 12.8 Å². The maximum Gasteiger partial charge on any atom is 0.126 e. The van der Waals surface area contributed by atoms with Crippen molar-refractivity contribution in [1.29, 1.82) is 0 Å². The number of rotatable bonds is 2. The maximum absolute atomic E-state index is 4.67. The highest BCUT2D eigenvalue weighted by atomic mass is 15.1. The second-order valence-electron chi connectivity index (χ2n) is 4.97. The van der Waals surface area contributed by atoms with E-state index in [9.17, 15) is 0 Å². The van der Waals surface area contributed by atoms with Crippen LogP contribution in [-0.4, -0.2) is 16.1 Å². The highest BCUT2D eigenvalue weighted by Crippen LogP contribution is 2.37. The molecular formula is C12H19N3. The number of imidazole rings is 1. The molecule has 0 bridgehead atoms. The zero-order chi connectivity index (χ0) is 10.3. The summed E-state index contributed by atoms with van der Waals surface area (Å²) in [7, 11) is 0. The van der Waals surface area contributed by atoms with E-state index in [1.165, 1.54) is 31.5 Å². The summed E-state index contributed by atoms with van der Waals surface area (Å²) in [6, 6.07) is 0.508. The monoisotopic (exact) mass is 205 g/mol. The van der Waals surface area contributed by atoms with Gasteiger partial charge in [-0.3, -0.25) is 0 Å². The zero-order valence-electron chi connectivity index (χ0n) is 9.37. The summed E-state index contributed by atoms with van der Waals surface area (Å²) in [5.74, 6) is 2.24. The van der Waals surface area contributed by atoms with Crippen LogP contribution >= 0.6 is 0 Å².